The Kier molecular flexibility index (Phi) is 10.8. The molecule has 1 atom stereocenters. The number of aromatic nitrogens is 1. The molecule has 0 saturated heterocycles. The Hall–Kier alpha value is -4.15. The third-order valence-electron chi connectivity index (χ3n) is 4.90. The molecule has 3 amide bonds. The molecule has 0 aliphatic rings. The van der Waals surface area contributed by atoms with E-state index in [0.717, 1.165) is 10.5 Å². The zero-order chi connectivity index (χ0) is 29.2. The molecule has 1 unspecified atom stereocenters. The van der Waals surface area contributed by atoms with E-state index in [9.17, 15) is 19.2 Å². The van der Waals surface area contributed by atoms with Gasteiger partial charge in [0.1, 0.15) is 29.7 Å². The highest BCUT2D eigenvalue weighted by Gasteiger charge is 2.33. The van der Waals surface area contributed by atoms with Gasteiger partial charge in [0.25, 0.3) is 0 Å². The fourth-order valence-electron chi connectivity index (χ4n) is 3.18. The number of amides is 3. The van der Waals surface area contributed by atoms with Crippen LogP contribution in [0.5, 0.6) is 0 Å². The number of carbonyl (C=O) groups excluding carboxylic acids is 4. The van der Waals surface area contributed by atoms with Gasteiger partial charge < -0.3 is 24.3 Å². The lowest BCUT2D eigenvalue weighted by atomic mass is 10.1. The second kappa shape index (κ2) is 13.6. The van der Waals surface area contributed by atoms with E-state index in [1.54, 1.807) is 47.6 Å². The van der Waals surface area contributed by atoms with Crippen molar-refractivity contribution in [1.82, 2.24) is 10.3 Å². The lowest BCUT2D eigenvalue weighted by Gasteiger charge is -2.28. The molecule has 1 aromatic heterocycles. The van der Waals surface area contributed by atoms with Crippen molar-refractivity contribution in [3.05, 3.63) is 59.8 Å². The predicted molar refractivity (Wildman–Crippen MR) is 143 cm³/mol. The van der Waals surface area contributed by atoms with E-state index < -0.39 is 41.5 Å². The minimum Gasteiger partial charge on any atom is -0.467 e. The first-order valence-electron chi connectivity index (χ1n) is 12.4. The first-order valence-corrected chi connectivity index (χ1v) is 12.4. The number of rotatable bonds is 8. The largest absolute Gasteiger partial charge is 0.467 e. The van der Waals surface area contributed by atoms with E-state index in [0.29, 0.717) is 12.0 Å². The molecule has 0 radical (unpaired) electrons. The lowest BCUT2D eigenvalue weighted by molar-refractivity contribution is -0.143. The number of nitrogens with zero attached hydrogens (tertiary/aromatic N) is 2. The topological polar surface area (TPSA) is 133 Å². The Balaban J connectivity index is 2.09. The van der Waals surface area contributed by atoms with E-state index in [1.165, 1.54) is 19.4 Å². The number of pyridine rings is 1. The maximum absolute atomic E-state index is 12.8. The minimum absolute atomic E-state index is 0.00869. The summed E-state index contributed by atoms with van der Waals surface area (Å²) in [5, 5.41) is 2.52. The SMILES string of the molecule is COC(=O)C(CCc1ccc(N(C(=O)OC(C)(C)C)C(=O)OC(C)(C)C)nc1)NC(=O)OCc1ccccc1. The van der Waals surface area contributed by atoms with E-state index in [1.807, 2.05) is 30.3 Å². The van der Waals surface area contributed by atoms with Crippen molar-refractivity contribution in [1.29, 1.82) is 0 Å². The van der Waals surface area contributed by atoms with Gasteiger partial charge in [0.05, 0.1) is 7.11 Å². The number of carbonyl (C=O) groups is 4. The highest BCUT2D eigenvalue weighted by molar-refractivity contribution is 6.08. The summed E-state index contributed by atoms with van der Waals surface area (Å²) in [5.74, 6) is -0.619. The number of hydrogen-bond donors (Lipinski definition) is 1. The van der Waals surface area contributed by atoms with Crippen molar-refractivity contribution in [3.8, 4) is 0 Å². The monoisotopic (exact) mass is 543 g/mol. The molecule has 0 aliphatic carbocycles. The smallest absolute Gasteiger partial charge is 0.425 e. The maximum atomic E-state index is 12.8. The van der Waals surface area contributed by atoms with E-state index in [2.05, 4.69) is 10.3 Å². The Morgan fingerprint density at radius 3 is 1.95 bits per heavy atom. The predicted octanol–water partition coefficient (Wildman–Crippen LogP) is 5.16. The van der Waals surface area contributed by atoms with Crippen molar-refractivity contribution in [2.24, 2.45) is 0 Å². The molecule has 2 rings (SSSR count). The molecular weight excluding hydrogens is 506 g/mol. The number of methoxy groups -OCH3 is 1. The average molecular weight is 544 g/mol. The van der Waals surface area contributed by atoms with Gasteiger partial charge in [-0.1, -0.05) is 36.4 Å². The van der Waals surface area contributed by atoms with Crippen molar-refractivity contribution < 1.29 is 38.1 Å². The van der Waals surface area contributed by atoms with E-state index in [-0.39, 0.29) is 18.8 Å². The Morgan fingerprint density at radius 1 is 0.872 bits per heavy atom. The van der Waals surface area contributed by atoms with Crippen LogP contribution in [0.1, 0.15) is 59.1 Å². The summed E-state index contributed by atoms with van der Waals surface area (Å²) in [5.41, 5.74) is -0.217. The maximum Gasteiger partial charge on any atom is 0.425 e. The molecular formula is C28H37N3O8. The Bertz CT molecular complexity index is 1090. The van der Waals surface area contributed by atoms with Crippen molar-refractivity contribution in [2.45, 2.75) is 78.2 Å². The highest BCUT2D eigenvalue weighted by Crippen LogP contribution is 2.21. The third-order valence-corrected chi connectivity index (χ3v) is 4.90. The minimum atomic E-state index is -0.960. The van der Waals surface area contributed by atoms with Crippen LogP contribution in [0.25, 0.3) is 0 Å². The molecule has 0 fully saturated rings. The van der Waals surface area contributed by atoms with Crippen LogP contribution >= 0.6 is 0 Å². The Morgan fingerprint density at radius 2 is 1.46 bits per heavy atom. The normalized spacial score (nSPS) is 12.1. The van der Waals surface area contributed by atoms with Gasteiger partial charge in [-0.25, -0.2) is 24.2 Å². The van der Waals surface area contributed by atoms with Crippen LogP contribution in [0.15, 0.2) is 48.7 Å². The zero-order valence-corrected chi connectivity index (χ0v) is 23.5. The molecule has 1 heterocycles. The summed E-state index contributed by atoms with van der Waals surface area (Å²) in [4.78, 5) is 55.1. The van der Waals surface area contributed by atoms with Gasteiger partial charge in [0, 0.05) is 6.20 Å². The first kappa shape index (κ1) is 31.1. The number of esters is 1. The molecule has 1 N–H and O–H groups in total. The summed E-state index contributed by atoms with van der Waals surface area (Å²) in [7, 11) is 1.23. The molecule has 1 aromatic carbocycles. The van der Waals surface area contributed by atoms with Crippen LogP contribution in [0.4, 0.5) is 20.2 Å². The summed E-state index contributed by atoms with van der Waals surface area (Å²) < 4.78 is 20.7. The molecule has 212 valence electrons. The molecule has 0 spiro atoms. The Labute approximate surface area is 228 Å². The van der Waals surface area contributed by atoms with Gasteiger partial charge in [-0.15, -0.1) is 0 Å². The van der Waals surface area contributed by atoms with E-state index in [4.69, 9.17) is 18.9 Å². The molecule has 0 bridgehead atoms. The number of imide groups is 1. The summed E-state index contributed by atoms with van der Waals surface area (Å²) in [6.45, 7) is 10.1. The summed E-state index contributed by atoms with van der Waals surface area (Å²) in [6, 6.07) is 11.3. The number of hydrogen-bond acceptors (Lipinski definition) is 9. The van der Waals surface area contributed by atoms with Gasteiger partial charge in [0.15, 0.2) is 0 Å². The van der Waals surface area contributed by atoms with Gasteiger partial charge >= 0.3 is 24.2 Å². The van der Waals surface area contributed by atoms with Gasteiger partial charge in [-0.05, 0) is 71.6 Å². The number of benzene rings is 1. The molecule has 0 aliphatic heterocycles. The third kappa shape index (κ3) is 11.0. The standard InChI is InChI=1S/C28H37N3O8/c1-27(2,3)38-25(34)31(26(35)39-28(4,5)6)22-16-14-19(17-29-22)13-15-21(23(32)36-7)30-24(33)37-18-20-11-9-8-10-12-20/h8-12,14,16-17,21H,13,15,18H2,1-7H3,(H,30,33). The second-order valence-corrected chi connectivity index (χ2v) is 10.6. The number of alkyl carbamates (subject to hydrolysis) is 1. The molecule has 11 heteroatoms. The van der Waals surface area contributed by atoms with Crippen LogP contribution in [0.3, 0.4) is 0 Å². The zero-order valence-electron chi connectivity index (χ0n) is 23.5. The number of ether oxygens (including phenoxy) is 4. The second-order valence-electron chi connectivity index (χ2n) is 10.6. The molecule has 2 aromatic rings. The summed E-state index contributed by atoms with van der Waals surface area (Å²) >= 11 is 0. The fraction of sp³-hybridized carbons (Fsp3) is 0.464. The van der Waals surface area contributed by atoms with Crippen LogP contribution < -0.4 is 10.2 Å². The average Bonchev–Trinajstić information content (AvgIpc) is 2.84. The van der Waals surface area contributed by atoms with Gasteiger partial charge in [-0.3, -0.25) is 0 Å². The highest BCUT2D eigenvalue weighted by atomic mass is 16.6. The van der Waals surface area contributed by atoms with Crippen LogP contribution in [0, 0.1) is 0 Å². The van der Waals surface area contributed by atoms with Crippen molar-refractivity contribution >= 4 is 30.1 Å². The molecule has 39 heavy (non-hydrogen) atoms. The van der Waals surface area contributed by atoms with Crippen LogP contribution in [0.2, 0.25) is 0 Å². The first-order chi connectivity index (χ1) is 18.2. The summed E-state index contributed by atoms with van der Waals surface area (Å²) in [6.07, 6.45) is -0.643. The van der Waals surface area contributed by atoms with Crippen LogP contribution in [-0.2, 0) is 36.8 Å². The van der Waals surface area contributed by atoms with Crippen molar-refractivity contribution in [3.63, 3.8) is 0 Å². The lowest BCUT2D eigenvalue weighted by Crippen LogP contribution is -2.44. The number of aryl methyl sites for hydroxylation is 1. The fourth-order valence-corrected chi connectivity index (χ4v) is 3.18. The molecule has 11 nitrogen and oxygen atoms in total. The molecule has 0 saturated carbocycles. The quantitative estimate of drug-likeness (QED) is 0.354. The van der Waals surface area contributed by atoms with Gasteiger partial charge in [0.2, 0.25) is 0 Å². The van der Waals surface area contributed by atoms with Crippen LogP contribution in [-0.4, -0.2) is 53.6 Å². The van der Waals surface area contributed by atoms with Crippen molar-refractivity contribution in [2.75, 3.05) is 12.0 Å². The number of anilines is 1. The van der Waals surface area contributed by atoms with E-state index >= 15 is 0 Å². The van der Waals surface area contributed by atoms with Gasteiger partial charge in [-0.2, -0.15) is 4.90 Å². The number of nitrogens with one attached hydrogen (secondary N) is 1.